The quantitative estimate of drug-likeness (QED) is 0.467. The van der Waals surface area contributed by atoms with Gasteiger partial charge in [0.15, 0.2) is 0 Å². The highest BCUT2D eigenvalue weighted by molar-refractivity contribution is 4.70. The SMILES string of the molecule is COCC(O)CNC(C)(C)N. The van der Waals surface area contributed by atoms with Crippen LogP contribution in [0.5, 0.6) is 0 Å². The smallest absolute Gasteiger partial charge is 0.0898 e. The van der Waals surface area contributed by atoms with Gasteiger partial charge in [0.2, 0.25) is 0 Å². The van der Waals surface area contributed by atoms with Gasteiger partial charge >= 0.3 is 0 Å². The van der Waals surface area contributed by atoms with Crippen LogP contribution in [0.2, 0.25) is 0 Å². The van der Waals surface area contributed by atoms with Crippen molar-refractivity contribution in [3.05, 3.63) is 0 Å². The molecule has 0 aromatic heterocycles. The Morgan fingerprint density at radius 2 is 2.18 bits per heavy atom. The van der Waals surface area contributed by atoms with E-state index in [1.165, 1.54) is 0 Å². The van der Waals surface area contributed by atoms with Crippen molar-refractivity contribution in [3.63, 3.8) is 0 Å². The van der Waals surface area contributed by atoms with Crippen LogP contribution in [0.1, 0.15) is 13.8 Å². The summed E-state index contributed by atoms with van der Waals surface area (Å²) in [6, 6.07) is 0. The van der Waals surface area contributed by atoms with Crippen molar-refractivity contribution < 1.29 is 9.84 Å². The first-order chi connectivity index (χ1) is 4.95. The Labute approximate surface area is 67.7 Å². The van der Waals surface area contributed by atoms with E-state index in [1.54, 1.807) is 7.11 Å². The fourth-order valence-corrected chi connectivity index (χ4v) is 0.632. The third-order valence-electron chi connectivity index (χ3n) is 1.15. The topological polar surface area (TPSA) is 67.5 Å². The van der Waals surface area contributed by atoms with Gasteiger partial charge in [-0.3, -0.25) is 5.32 Å². The number of nitrogens with two attached hydrogens (primary N) is 1. The molecule has 0 amide bonds. The minimum atomic E-state index is -0.483. The van der Waals surface area contributed by atoms with Crippen molar-refractivity contribution >= 4 is 0 Å². The monoisotopic (exact) mass is 162 g/mol. The molecule has 0 heterocycles. The maximum absolute atomic E-state index is 9.17. The Balaban J connectivity index is 3.38. The molecule has 1 unspecified atom stereocenters. The van der Waals surface area contributed by atoms with Crippen LogP contribution in [0, 0.1) is 0 Å². The van der Waals surface area contributed by atoms with E-state index >= 15 is 0 Å². The van der Waals surface area contributed by atoms with E-state index < -0.39 is 11.8 Å². The second kappa shape index (κ2) is 4.66. The highest BCUT2D eigenvalue weighted by Crippen LogP contribution is 1.90. The molecule has 4 N–H and O–H groups in total. The first kappa shape index (κ1) is 10.8. The molecule has 4 heteroatoms. The molecule has 0 radical (unpaired) electrons. The molecule has 1 atom stereocenters. The second-order valence-electron chi connectivity index (χ2n) is 3.21. The van der Waals surface area contributed by atoms with Crippen LogP contribution in [-0.2, 0) is 4.74 Å². The summed E-state index contributed by atoms with van der Waals surface area (Å²) in [5.74, 6) is 0. The summed E-state index contributed by atoms with van der Waals surface area (Å²) < 4.78 is 4.74. The highest BCUT2D eigenvalue weighted by atomic mass is 16.5. The number of ether oxygens (including phenoxy) is 1. The molecule has 4 nitrogen and oxygen atoms in total. The summed E-state index contributed by atoms with van der Waals surface area (Å²) in [5.41, 5.74) is 5.18. The second-order valence-corrected chi connectivity index (χ2v) is 3.21. The normalized spacial score (nSPS) is 15.0. The number of nitrogens with one attached hydrogen (secondary N) is 1. The molecule has 0 rings (SSSR count). The molecule has 0 spiro atoms. The Bertz CT molecular complexity index is 101. The van der Waals surface area contributed by atoms with Crippen molar-refractivity contribution in [1.82, 2.24) is 5.32 Å². The lowest BCUT2D eigenvalue weighted by Crippen LogP contribution is -2.51. The zero-order chi connectivity index (χ0) is 8.91. The lowest BCUT2D eigenvalue weighted by molar-refractivity contribution is 0.0600. The van der Waals surface area contributed by atoms with Crippen molar-refractivity contribution in [2.45, 2.75) is 25.6 Å². The van der Waals surface area contributed by atoms with Crippen molar-refractivity contribution in [1.29, 1.82) is 0 Å². The molecule has 0 saturated heterocycles. The minimum Gasteiger partial charge on any atom is -0.389 e. The number of rotatable bonds is 5. The van der Waals surface area contributed by atoms with Crippen molar-refractivity contribution in [2.75, 3.05) is 20.3 Å². The van der Waals surface area contributed by atoms with Gasteiger partial charge in [0, 0.05) is 13.7 Å². The zero-order valence-electron chi connectivity index (χ0n) is 7.42. The van der Waals surface area contributed by atoms with Gasteiger partial charge in [0.05, 0.1) is 18.4 Å². The van der Waals surface area contributed by atoms with E-state index in [1.807, 2.05) is 13.8 Å². The molecule has 11 heavy (non-hydrogen) atoms. The molecule has 0 bridgehead atoms. The highest BCUT2D eigenvalue weighted by Gasteiger charge is 2.11. The summed E-state index contributed by atoms with van der Waals surface area (Å²) in [6.07, 6.45) is -0.483. The van der Waals surface area contributed by atoms with E-state index in [9.17, 15) is 0 Å². The predicted octanol–water partition coefficient (Wildman–Crippen LogP) is -0.722. The van der Waals surface area contributed by atoms with Gasteiger partial charge in [-0.25, -0.2) is 0 Å². The van der Waals surface area contributed by atoms with E-state index in [0.29, 0.717) is 13.2 Å². The number of methoxy groups -OCH3 is 1. The first-order valence-corrected chi connectivity index (χ1v) is 3.66. The van der Waals surface area contributed by atoms with E-state index in [0.717, 1.165) is 0 Å². The van der Waals surface area contributed by atoms with Crippen LogP contribution < -0.4 is 11.1 Å². The maximum atomic E-state index is 9.17. The van der Waals surface area contributed by atoms with Gasteiger partial charge in [-0.1, -0.05) is 0 Å². The minimum absolute atomic E-state index is 0.336. The predicted molar refractivity (Wildman–Crippen MR) is 44.2 cm³/mol. The number of aliphatic hydroxyl groups excluding tert-OH is 1. The summed E-state index contributed by atoms with van der Waals surface area (Å²) in [4.78, 5) is 0. The number of hydrogen-bond acceptors (Lipinski definition) is 4. The van der Waals surface area contributed by atoms with Gasteiger partial charge in [0.25, 0.3) is 0 Å². The molecule has 0 fully saturated rings. The summed E-state index contributed by atoms with van der Waals surface area (Å²) in [5, 5.41) is 12.1. The van der Waals surface area contributed by atoms with Gasteiger partial charge in [-0.05, 0) is 13.8 Å². The standard InChI is InChI=1S/C7H18N2O2/c1-7(2,8)9-4-6(10)5-11-3/h6,9-10H,4-5,8H2,1-3H3. The molecule has 0 aliphatic carbocycles. The van der Waals surface area contributed by atoms with Gasteiger partial charge < -0.3 is 15.6 Å². The van der Waals surface area contributed by atoms with Gasteiger partial charge in [0.1, 0.15) is 0 Å². The molecule has 0 aliphatic rings. The van der Waals surface area contributed by atoms with Crippen LogP contribution in [0.25, 0.3) is 0 Å². The lowest BCUT2D eigenvalue weighted by atomic mass is 10.2. The Kier molecular flexibility index (Phi) is 4.60. The summed E-state index contributed by atoms with van der Waals surface area (Å²) in [7, 11) is 1.55. The van der Waals surface area contributed by atoms with E-state index in [-0.39, 0.29) is 0 Å². The van der Waals surface area contributed by atoms with Crippen LogP contribution in [0.15, 0.2) is 0 Å². The van der Waals surface area contributed by atoms with Crippen molar-refractivity contribution in [2.24, 2.45) is 5.73 Å². The summed E-state index contributed by atoms with van der Waals surface area (Å²) >= 11 is 0. The Hall–Kier alpha value is -0.160. The molecule has 0 aliphatic heterocycles. The van der Waals surface area contributed by atoms with Crippen LogP contribution in [0.3, 0.4) is 0 Å². The van der Waals surface area contributed by atoms with E-state index in [4.69, 9.17) is 15.6 Å². The maximum Gasteiger partial charge on any atom is 0.0898 e. The largest absolute Gasteiger partial charge is 0.389 e. The lowest BCUT2D eigenvalue weighted by Gasteiger charge is -2.22. The van der Waals surface area contributed by atoms with Crippen LogP contribution in [-0.4, -0.2) is 37.1 Å². The molecular formula is C7H18N2O2. The number of hydrogen-bond donors (Lipinski definition) is 3. The first-order valence-electron chi connectivity index (χ1n) is 3.66. The molecule has 68 valence electrons. The number of aliphatic hydroxyl groups is 1. The Morgan fingerprint density at radius 1 is 1.64 bits per heavy atom. The fraction of sp³-hybridized carbons (Fsp3) is 1.00. The van der Waals surface area contributed by atoms with Crippen LogP contribution >= 0.6 is 0 Å². The molecule has 0 saturated carbocycles. The van der Waals surface area contributed by atoms with Crippen molar-refractivity contribution in [3.8, 4) is 0 Å². The van der Waals surface area contributed by atoms with Crippen LogP contribution in [0.4, 0.5) is 0 Å². The average Bonchev–Trinajstić information content (AvgIpc) is 1.83. The third kappa shape index (κ3) is 7.74. The molecule has 0 aromatic rings. The molecular weight excluding hydrogens is 144 g/mol. The summed E-state index contributed by atoms with van der Waals surface area (Å²) in [6.45, 7) is 4.47. The average molecular weight is 162 g/mol. The van der Waals surface area contributed by atoms with Gasteiger partial charge in [-0.15, -0.1) is 0 Å². The Morgan fingerprint density at radius 3 is 2.55 bits per heavy atom. The zero-order valence-corrected chi connectivity index (χ0v) is 7.42. The van der Waals surface area contributed by atoms with Gasteiger partial charge in [-0.2, -0.15) is 0 Å². The fourth-order valence-electron chi connectivity index (χ4n) is 0.632. The third-order valence-corrected chi connectivity index (χ3v) is 1.15. The molecule has 0 aromatic carbocycles. The van der Waals surface area contributed by atoms with E-state index in [2.05, 4.69) is 5.32 Å².